The number of benzene rings is 1. The van der Waals surface area contributed by atoms with Gasteiger partial charge in [-0.05, 0) is 46.7 Å². The Morgan fingerprint density at radius 3 is 2.80 bits per heavy atom. The molecule has 0 heterocycles. The van der Waals surface area contributed by atoms with E-state index < -0.39 is 0 Å². The number of aryl methyl sites for hydroxylation is 1. The van der Waals surface area contributed by atoms with Gasteiger partial charge in [-0.2, -0.15) is 0 Å². The summed E-state index contributed by atoms with van der Waals surface area (Å²) in [5, 5.41) is 2.76. The van der Waals surface area contributed by atoms with Crippen molar-refractivity contribution in [3.8, 4) is 0 Å². The van der Waals surface area contributed by atoms with Crippen LogP contribution in [-0.4, -0.2) is 11.7 Å². The molecule has 1 aliphatic carbocycles. The molecule has 0 saturated carbocycles. The minimum atomic E-state index is -0.0859. The van der Waals surface area contributed by atoms with Crippen LogP contribution < -0.4 is 5.32 Å². The van der Waals surface area contributed by atoms with Gasteiger partial charge in [-0.25, -0.2) is 0 Å². The summed E-state index contributed by atoms with van der Waals surface area (Å²) in [6, 6.07) is 3.76. The number of rotatable bonds is 1. The predicted octanol–water partition coefficient (Wildman–Crippen LogP) is 2.38. The first-order valence-corrected chi connectivity index (χ1v) is 5.79. The first-order chi connectivity index (χ1) is 7.08. The lowest BCUT2D eigenvalue weighted by Crippen LogP contribution is -2.08. The highest BCUT2D eigenvalue weighted by Gasteiger charge is 2.21. The minimum Gasteiger partial charge on any atom is -0.325 e. The fraction of sp³-hybridized carbons (Fsp3) is 0.273. The van der Waals surface area contributed by atoms with Crippen LogP contribution in [0.3, 0.4) is 0 Å². The molecule has 15 heavy (non-hydrogen) atoms. The largest absolute Gasteiger partial charge is 0.325 e. The average Bonchev–Trinajstić information content (AvgIpc) is 2.48. The Labute approximate surface area is 101 Å². The second-order valence-corrected chi connectivity index (χ2v) is 4.76. The second-order valence-electron chi connectivity index (χ2n) is 3.59. The first kappa shape index (κ1) is 10.6. The number of halogens is 1. The van der Waals surface area contributed by atoms with E-state index in [1.54, 1.807) is 0 Å². The number of Topliss-reactive ketones (excluding diaryl/α,β-unsaturated/α-hetero) is 1. The molecule has 0 bridgehead atoms. The topological polar surface area (TPSA) is 46.2 Å². The lowest BCUT2D eigenvalue weighted by atomic mass is 10.1. The molecule has 2 rings (SSSR count). The smallest absolute Gasteiger partial charge is 0.221 e. The molecule has 0 unspecified atom stereocenters. The summed E-state index contributed by atoms with van der Waals surface area (Å²) in [6.45, 7) is 1.48. The van der Waals surface area contributed by atoms with Crippen molar-refractivity contribution in [2.24, 2.45) is 0 Å². The van der Waals surface area contributed by atoms with Gasteiger partial charge in [-0.15, -0.1) is 0 Å². The lowest BCUT2D eigenvalue weighted by Gasteiger charge is -2.07. The van der Waals surface area contributed by atoms with Crippen LogP contribution in [0.4, 0.5) is 5.69 Å². The Hall–Kier alpha value is -0.910. The van der Waals surface area contributed by atoms with Crippen molar-refractivity contribution in [2.45, 2.75) is 19.8 Å². The Morgan fingerprint density at radius 1 is 1.40 bits per heavy atom. The predicted molar refractivity (Wildman–Crippen MR) is 66.1 cm³/mol. The summed E-state index contributed by atoms with van der Waals surface area (Å²) >= 11 is 2.13. The molecule has 1 N–H and O–H groups in total. The third-order valence-electron chi connectivity index (χ3n) is 2.43. The summed E-state index contributed by atoms with van der Waals surface area (Å²) in [5.74, 6) is 0.120. The highest BCUT2D eigenvalue weighted by Crippen LogP contribution is 2.29. The van der Waals surface area contributed by atoms with Gasteiger partial charge in [-0.3, -0.25) is 9.59 Å². The molecule has 3 nitrogen and oxygen atoms in total. The number of amides is 1. The molecule has 0 saturated heterocycles. The molecule has 0 atom stereocenters. The van der Waals surface area contributed by atoms with Crippen molar-refractivity contribution < 1.29 is 9.59 Å². The maximum Gasteiger partial charge on any atom is 0.221 e. The minimum absolute atomic E-state index is 0.0859. The van der Waals surface area contributed by atoms with Crippen molar-refractivity contribution in [3.63, 3.8) is 0 Å². The van der Waals surface area contributed by atoms with Crippen LogP contribution in [0.25, 0.3) is 0 Å². The van der Waals surface area contributed by atoms with Crippen LogP contribution in [0, 0.1) is 3.57 Å². The Kier molecular flexibility index (Phi) is 2.77. The van der Waals surface area contributed by atoms with Crippen molar-refractivity contribution in [2.75, 3.05) is 5.32 Å². The Morgan fingerprint density at radius 2 is 2.13 bits per heavy atom. The van der Waals surface area contributed by atoms with Crippen LogP contribution in [0.15, 0.2) is 12.1 Å². The van der Waals surface area contributed by atoms with Crippen molar-refractivity contribution in [1.82, 2.24) is 0 Å². The first-order valence-electron chi connectivity index (χ1n) is 4.71. The Balaban J connectivity index is 2.44. The maximum atomic E-state index is 11.5. The van der Waals surface area contributed by atoms with Crippen LogP contribution in [0.2, 0.25) is 0 Å². The molecule has 0 aliphatic heterocycles. The average molecular weight is 315 g/mol. The third-order valence-corrected chi connectivity index (χ3v) is 3.32. The van der Waals surface area contributed by atoms with E-state index in [2.05, 4.69) is 27.9 Å². The van der Waals surface area contributed by atoms with Gasteiger partial charge in [0.1, 0.15) is 0 Å². The Bertz CT molecular complexity index is 454. The van der Waals surface area contributed by atoms with Gasteiger partial charge in [0, 0.05) is 22.5 Å². The summed E-state index contributed by atoms with van der Waals surface area (Å²) < 4.78 is 0.914. The summed E-state index contributed by atoms with van der Waals surface area (Å²) in [6.07, 6.45) is 1.38. The number of nitrogens with one attached hydrogen (secondary N) is 1. The fourth-order valence-corrected chi connectivity index (χ4v) is 2.35. The van der Waals surface area contributed by atoms with Crippen molar-refractivity contribution in [3.05, 3.63) is 26.8 Å². The molecule has 1 amide bonds. The number of carbonyl (C=O) groups excluding carboxylic acids is 2. The molecule has 0 fully saturated rings. The van der Waals surface area contributed by atoms with Crippen LogP contribution in [0.1, 0.15) is 29.3 Å². The number of fused-ring (bicyclic) bond motifs is 1. The van der Waals surface area contributed by atoms with Crippen molar-refractivity contribution >= 4 is 40.0 Å². The molecule has 1 aromatic carbocycles. The number of hydrogen-bond acceptors (Lipinski definition) is 2. The molecule has 1 aromatic rings. The van der Waals surface area contributed by atoms with Crippen molar-refractivity contribution in [1.29, 1.82) is 0 Å². The quantitative estimate of drug-likeness (QED) is 0.809. The molecular formula is C11H10INO2. The van der Waals surface area contributed by atoms with Gasteiger partial charge in [-0.1, -0.05) is 0 Å². The standard InChI is InChI=1S/C11H10INO2/c1-6(14)13-10-4-7-2-3-11(15)8(7)5-9(10)12/h4-5H,2-3H2,1H3,(H,13,14). The fourth-order valence-electron chi connectivity index (χ4n) is 1.75. The zero-order valence-corrected chi connectivity index (χ0v) is 10.4. The second kappa shape index (κ2) is 3.92. The van der Waals surface area contributed by atoms with Crippen LogP contribution >= 0.6 is 22.6 Å². The molecule has 78 valence electrons. The SMILES string of the molecule is CC(=O)Nc1cc2c(cc1I)C(=O)CC2. The van der Waals surface area contributed by atoms with Crippen LogP contribution in [0.5, 0.6) is 0 Å². The van der Waals surface area contributed by atoms with E-state index in [0.717, 1.165) is 26.8 Å². The number of ketones is 1. The summed E-state index contributed by atoms with van der Waals surface area (Å²) in [7, 11) is 0. The number of carbonyl (C=O) groups is 2. The van der Waals surface area contributed by atoms with Gasteiger partial charge in [0.2, 0.25) is 5.91 Å². The van der Waals surface area contributed by atoms with E-state index in [1.807, 2.05) is 12.1 Å². The van der Waals surface area contributed by atoms with Gasteiger partial charge in [0.25, 0.3) is 0 Å². The van der Waals surface area contributed by atoms with E-state index in [4.69, 9.17) is 0 Å². The van der Waals surface area contributed by atoms with E-state index in [-0.39, 0.29) is 11.7 Å². The molecule has 1 aliphatic rings. The van der Waals surface area contributed by atoms with E-state index in [1.165, 1.54) is 6.92 Å². The van der Waals surface area contributed by atoms with E-state index >= 15 is 0 Å². The molecular weight excluding hydrogens is 305 g/mol. The molecule has 0 spiro atoms. The summed E-state index contributed by atoms with van der Waals surface area (Å²) in [5.41, 5.74) is 2.66. The molecule has 4 heteroatoms. The monoisotopic (exact) mass is 315 g/mol. The zero-order valence-electron chi connectivity index (χ0n) is 8.26. The highest BCUT2D eigenvalue weighted by atomic mass is 127. The van der Waals surface area contributed by atoms with Gasteiger partial charge < -0.3 is 5.32 Å². The van der Waals surface area contributed by atoms with E-state index in [9.17, 15) is 9.59 Å². The summed E-state index contributed by atoms with van der Waals surface area (Å²) in [4.78, 5) is 22.4. The van der Waals surface area contributed by atoms with Gasteiger partial charge in [0.15, 0.2) is 5.78 Å². The van der Waals surface area contributed by atoms with E-state index in [0.29, 0.717) is 6.42 Å². The van der Waals surface area contributed by atoms with Gasteiger partial charge >= 0.3 is 0 Å². The van der Waals surface area contributed by atoms with Gasteiger partial charge in [0.05, 0.1) is 5.69 Å². The zero-order chi connectivity index (χ0) is 11.0. The third kappa shape index (κ3) is 2.04. The normalized spacial score (nSPS) is 13.9. The molecule has 0 aromatic heterocycles. The maximum absolute atomic E-state index is 11.5. The van der Waals surface area contributed by atoms with Crippen LogP contribution in [-0.2, 0) is 11.2 Å². The highest BCUT2D eigenvalue weighted by molar-refractivity contribution is 14.1. The molecule has 0 radical (unpaired) electrons. The number of hydrogen-bond donors (Lipinski definition) is 1. The number of anilines is 1. The lowest BCUT2D eigenvalue weighted by molar-refractivity contribution is -0.114.